The molecule has 1 aromatic carbocycles. The van der Waals surface area contributed by atoms with Crippen molar-refractivity contribution in [2.45, 2.75) is 19.3 Å². The summed E-state index contributed by atoms with van der Waals surface area (Å²) < 4.78 is 5.63. The number of H-pyrrole nitrogens is 1. The molecule has 1 unspecified atom stereocenters. The number of hydrogen-bond donors (Lipinski definition) is 1. The van der Waals surface area contributed by atoms with Gasteiger partial charge in [-0.15, -0.1) is 0 Å². The number of aromatic nitrogens is 2. The highest BCUT2D eigenvalue weighted by Crippen LogP contribution is 2.15. The molecule has 0 radical (unpaired) electrons. The maximum Gasteiger partial charge on any atom is 0.119 e. The van der Waals surface area contributed by atoms with Crippen LogP contribution in [0, 0.1) is 0 Å². The number of nitrogens with zero attached hydrogens (tertiary/aromatic N) is 1. The van der Waals surface area contributed by atoms with E-state index in [4.69, 9.17) is 4.74 Å². The molecule has 1 atom stereocenters. The lowest BCUT2D eigenvalue weighted by Gasteiger charge is -2.09. The predicted molar refractivity (Wildman–Crippen MR) is 63.6 cm³/mol. The standard InChI is InChI=1S/C13H16N2O/c1-11(13-14-8-9-15-13)7-10-16-12-5-3-2-4-6-12/h2-6,8-9,11H,7,10H2,1H3,(H,14,15). The van der Waals surface area contributed by atoms with Gasteiger partial charge in [0.05, 0.1) is 6.61 Å². The summed E-state index contributed by atoms with van der Waals surface area (Å²) in [6.07, 6.45) is 4.59. The topological polar surface area (TPSA) is 37.9 Å². The minimum Gasteiger partial charge on any atom is -0.494 e. The summed E-state index contributed by atoms with van der Waals surface area (Å²) in [4.78, 5) is 7.35. The molecule has 1 heterocycles. The molecule has 0 aliphatic heterocycles. The van der Waals surface area contributed by atoms with Crippen LogP contribution in [0.3, 0.4) is 0 Å². The second-order valence-electron chi connectivity index (χ2n) is 3.83. The highest BCUT2D eigenvalue weighted by molar-refractivity contribution is 5.20. The number of imidazole rings is 1. The molecule has 0 saturated carbocycles. The van der Waals surface area contributed by atoms with Crippen molar-refractivity contribution in [3.63, 3.8) is 0 Å². The monoisotopic (exact) mass is 216 g/mol. The summed E-state index contributed by atoms with van der Waals surface area (Å²) in [6, 6.07) is 9.88. The van der Waals surface area contributed by atoms with Crippen LogP contribution >= 0.6 is 0 Å². The average Bonchev–Trinajstić information content (AvgIpc) is 2.84. The Labute approximate surface area is 95.5 Å². The molecule has 3 heteroatoms. The number of rotatable bonds is 5. The summed E-state index contributed by atoms with van der Waals surface area (Å²) in [5.74, 6) is 2.35. The van der Waals surface area contributed by atoms with Crippen LogP contribution < -0.4 is 4.74 Å². The van der Waals surface area contributed by atoms with Gasteiger partial charge in [-0.2, -0.15) is 0 Å². The summed E-state index contributed by atoms with van der Waals surface area (Å²) in [6.45, 7) is 2.86. The quantitative estimate of drug-likeness (QED) is 0.834. The Morgan fingerprint density at radius 3 is 2.81 bits per heavy atom. The van der Waals surface area contributed by atoms with Crippen molar-refractivity contribution in [3.05, 3.63) is 48.5 Å². The van der Waals surface area contributed by atoms with Gasteiger partial charge in [0.1, 0.15) is 11.6 Å². The normalized spacial score (nSPS) is 12.3. The van der Waals surface area contributed by atoms with Crippen molar-refractivity contribution < 1.29 is 4.74 Å². The van der Waals surface area contributed by atoms with Crippen molar-refractivity contribution in [1.29, 1.82) is 0 Å². The Hall–Kier alpha value is -1.77. The van der Waals surface area contributed by atoms with Crippen LogP contribution in [0.15, 0.2) is 42.7 Å². The fourth-order valence-corrected chi connectivity index (χ4v) is 1.55. The lowest BCUT2D eigenvalue weighted by Crippen LogP contribution is -2.04. The first-order valence-corrected chi connectivity index (χ1v) is 5.53. The first kappa shape index (κ1) is 10.7. The van der Waals surface area contributed by atoms with Gasteiger partial charge in [0.15, 0.2) is 0 Å². The van der Waals surface area contributed by atoms with Gasteiger partial charge in [-0.05, 0) is 18.6 Å². The van der Waals surface area contributed by atoms with Crippen LogP contribution in [0.2, 0.25) is 0 Å². The molecule has 0 saturated heterocycles. The zero-order valence-electron chi connectivity index (χ0n) is 9.39. The molecular weight excluding hydrogens is 200 g/mol. The van der Waals surface area contributed by atoms with E-state index >= 15 is 0 Å². The van der Waals surface area contributed by atoms with Crippen molar-refractivity contribution in [3.8, 4) is 5.75 Å². The number of benzene rings is 1. The Kier molecular flexibility index (Phi) is 3.59. The molecule has 0 amide bonds. The van der Waals surface area contributed by atoms with Crippen LogP contribution in [0.1, 0.15) is 25.1 Å². The molecule has 0 fully saturated rings. The summed E-state index contributed by atoms with van der Waals surface area (Å²) in [7, 11) is 0. The molecule has 1 aromatic heterocycles. The maximum atomic E-state index is 5.63. The third-order valence-electron chi connectivity index (χ3n) is 2.55. The van der Waals surface area contributed by atoms with E-state index in [0.717, 1.165) is 18.0 Å². The number of hydrogen-bond acceptors (Lipinski definition) is 2. The molecule has 0 bridgehead atoms. The fraction of sp³-hybridized carbons (Fsp3) is 0.308. The van der Waals surface area contributed by atoms with Crippen molar-refractivity contribution >= 4 is 0 Å². The van der Waals surface area contributed by atoms with Crippen LogP contribution in [-0.4, -0.2) is 16.6 Å². The molecule has 3 nitrogen and oxygen atoms in total. The molecule has 2 aromatic rings. The predicted octanol–water partition coefficient (Wildman–Crippen LogP) is 2.98. The van der Waals surface area contributed by atoms with E-state index < -0.39 is 0 Å². The Morgan fingerprint density at radius 2 is 2.12 bits per heavy atom. The van der Waals surface area contributed by atoms with Crippen LogP contribution in [0.25, 0.3) is 0 Å². The molecular formula is C13H16N2O. The van der Waals surface area contributed by atoms with E-state index in [9.17, 15) is 0 Å². The van der Waals surface area contributed by atoms with E-state index in [2.05, 4.69) is 16.9 Å². The third-order valence-corrected chi connectivity index (χ3v) is 2.55. The Balaban J connectivity index is 1.76. The molecule has 0 aliphatic carbocycles. The molecule has 2 rings (SSSR count). The highest BCUT2D eigenvalue weighted by Gasteiger charge is 2.07. The number of ether oxygens (including phenoxy) is 1. The fourth-order valence-electron chi connectivity index (χ4n) is 1.55. The molecule has 84 valence electrons. The number of nitrogens with one attached hydrogen (secondary N) is 1. The van der Waals surface area contributed by atoms with Gasteiger partial charge in [-0.25, -0.2) is 4.98 Å². The van der Waals surface area contributed by atoms with Gasteiger partial charge in [-0.1, -0.05) is 25.1 Å². The summed E-state index contributed by atoms with van der Waals surface area (Å²) >= 11 is 0. The van der Waals surface area contributed by atoms with Crippen LogP contribution in [0.4, 0.5) is 0 Å². The lowest BCUT2D eigenvalue weighted by molar-refractivity contribution is 0.299. The number of para-hydroxylation sites is 1. The van der Waals surface area contributed by atoms with Crippen molar-refractivity contribution in [2.24, 2.45) is 0 Å². The maximum absolute atomic E-state index is 5.63. The minimum absolute atomic E-state index is 0.402. The number of aromatic amines is 1. The molecule has 0 spiro atoms. The van der Waals surface area contributed by atoms with Crippen LogP contribution in [0.5, 0.6) is 5.75 Å². The third kappa shape index (κ3) is 2.86. The van der Waals surface area contributed by atoms with E-state index in [1.807, 2.05) is 36.5 Å². The van der Waals surface area contributed by atoms with Gasteiger partial charge >= 0.3 is 0 Å². The van der Waals surface area contributed by atoms with E-state index in [-0.39, 0.29) is 0 Å². The molecule has 16 heavy (non-hydrogen) atoms. The van der Waals surface area contributed by atoms with Gasteiger partial charge in [-0.3, -0.25) is 0 Å². The second-order valence-corrected chi connectivity index (χ2v) is 3.83. The zero-order valence-corrected chi connectivity index (χ0v) is 9.39. The van der Waals surface area contributed by atoms with E-state index in [1.54, 1.807) is 6.20 Å². The lowest BCUT2D eigenvalue weighted by atomic mass is 10.1. The first-order valence-electron chi connectivity index (χ1n) is 5.53. The largest absolute Gasteiger partial charge is 0.494 e. The average molecular weight is 216 g/mol. The van der Waals surface area contributed by atoms with E-state index in [1.165, 1.54) is 0 Å². The first-order chi connectivity index (χ1) is 7.86. The van der Waals surface area contributed by atoms with E-state index in [0.29, 0.717) is 12.5 Å². The van der Waals surface area contributed by atoms with Gasteiger partial charge in [0.25, 0.3) is 0 Å². The minimum atomic E-state index is 0.402. The van der Waals surface area contributed by atoms with Gasteiger partial charge < -0.3 is 9.72 Å². The summed E-state index contributed by atoms with van der Waals surface area (Å²) in [5.41, 5.74) is 0. The van der Waals surface area contributed by atoms with Crippen molar-refractivity contribution in [2.75, 3.05) is 6.61 Å². The smallest absolute Gasteiger partial charge is 0.119 e. The Bertz CT molecular complexity index is 397. The van der Waals surface area contributed by atoms with Crippen molar-refractivity contribution in [1.82, 2.24) is 9.97 Å². The second kappa shape index (κ2) is 5.35. The Morgan fingerprint density at radius 1 is 1.31 bits per heavy atom. The van der Waals surface area contributed by atoms with Crippen LogP contribution in [-0.2, 0) is 0 Å². The highest BCUT2D eigenvalue weighted by atomic mass is 16.5. The SMILES string of the molecule is CC(CCOc1ccccc1)c1ncc[nH]1. The zero-order chi connectivity index (χ0) is 11.2. The molecule has 1 N–H and O–H groups in total. The van der Waals surface area contributed by atoms with Gasteiger partial charge in [0.2, 0.25) is 0 Å². The van der Waals surface area contributed by atoms with Gasteiger partial charge in [0, 0.05) is 18.3 Å². The molecule has 0 aliphatic rings. The summed E-state index contributed by atoms with van der Waals surface area (Å²) in [5, 5.41) is 0.